The summed E-state index contributed by atoms with van der Waals surface area (Å²) >= 11 is 0. The van der Waals surface area contributed by atoms with Crippen molar-refractivity contribution in [2.75, 3.05) is 0 Å². The molecule has 2 aliphatic rings. The van der Waals surface area contributed by atoms with Crippen LogP contribution in [-0.2, 0) is 0 Å². The Morgan fingerprint density at radius 1 is 0.882 bits per heavy atom. The first-order valence-corrected chi connectivity index (χ1v) is 10.8. The number of carbonyl (C=O) groups is 2. The van der Waals surface area contributed by atoms with Crippen molar-refractivity contribution >= 4 is 17.6 Å². The van der Waals surface area contributed by atoms with Gasteiger partial charge in [-0.1, -0.05) is 54.6 Å². The van der Waals surface area contributed by atoms with Crippen LogP contribution in [0.2, 0.25) is 0 Å². The number of fused-ring (bicyclic) bond motifs is 3. The van der Waals surface area contributed by atoms with E-state index < -0.39 is 40.8 Å². The number of hydrogen-bond donors (Lipinski definition) is 0. The number of ketones is 2. The Balaban J connectivity index is 1.75. The van der Waals surface area contributed by atoms with Crippen molar-refractivity contribution in [3.63, 3.8) is 0 Å². The number of hydrogen-bond acceptors (Lipinski definition) is 5. The SMILES string of the molecule is N#C[C@@H]1[C@@H](C(=O)c2ccc(F)cc2)N2C=Cc3ccccc3[C@@H]2[C@@]1(C#N)C(=O)c1ccccc1. The maximum Gasteiger partial charge on any atom is 0.187 e. The fourth-order valence-corrected chi connectivity index (χ4v) is 5.17. The van der Waals surface area contributed by atoms with Gasteiger partial charge in [-0.05, 0) is 41.5 Å². The molecule has 4 atom stereocenters. The molecule has 3 aromatic carbocycles. The Hall–Kier alpha value is -4.55. The van der Waals surface area contributed by atoms with Crippen LogP contribution in [-0.4, -0.2) is 22.5 Å². The lowest BCUT2D eigenvalue weighted by Gasteiger charge is -2.36. The molecule has 0 saturated carbocycles. The second-order valence-corrected chi connectivity index (χ2v) is 8.39. The fraction of sp³-hybridized carbons (Fsp3) is 0.143. The monoisotopic (exact) mass is 447 g/mol. The highest BCUT2D eigenvalue weighted by molar-refractivity contribution is 6.07. The second-order valence-electron chi connectivity index (χ2n) is 8.39. The molecule has 0 amide bonds. The maximum atomic E-state index is 14.0. The minimum Gasteiger partial charge on any atom is -0.357 e. The number of rotatable bonds is 4. The van der Waals surface area contributed by atoms with Crippen molar-refractivity contribution in [1.29, 1.82) is 10.5 Å². The van der Waals surface area contributed by atoms with E-state index in [-0.39, 0.29) is 5.56 Å². The van der Waals surface area contributed by atoms with Gasteiger partial charge >= 0.3 is 0 Å². The topological polar surface area (TPSA) is 85.0 Å². The lowest BCUT2D eigenvalue weighted by Crippen LogP contribution is -2.41. The van der Waals surface area contributed by atoms with Gasteiger partial charge in [0.2, 0.25) is 0 Å². The highest BCUT2D eigenvalue weighted by Gasteiger charge is 2.66. The van der Waals surface area contributed by atoms with Crippen molar-refractivity contribution in [2.45, 2.75) is 12.1 Å². The number of halogens is 1. The van der Waals surface area contributed by atoms with Crippen molar-refractivity contribution < 1.29 is 14.0 Å². The maximum absolute atomic E-state index is 14.0. The number of nitrogens with zero attached hydrogens (tertiary/aromatic N) is 3. The van der Waals surface area contributed by atoms with Crippen molar-refractivity contribution in [3.05, 3.63) is 113 Å². The van der Waals surface area contributed by atoms with Crippen LogP contribution in [0, 0.1) is 39.8 Å². The molecule has 5 nitrogen and oxygen atoms in total. The zero-order valence-corrected chi connectivity index (χ0v) is 17.9. The van der Waals surface area contributed by atoms with E-state index in [0.29, 0.717) is 11.1 Å². The Morgan fingerprint density at radius 3 is 2.24 bits per heavy atom. The van der Waals surface area contributed by atoms with Gasteiger partial charge in [-0.25, -0.2) is 4.39 Å². The van der Waals surface area contributed by atoms with Crippen LogP contribution >= 0.6 is 0 Å². The smallest absolute Gasteiger partial charge is 0.187 e. The van der Waals surface area contributed by atoms with Gasteiger partial charge in [0.15, 0.2) is 17.0 Å². The van der Waals surface area contributed by atoms with Gasteiger partial charge in [-0.15, -0.1) is 0 Å². The summed E-state index contributed by atoms with van der Waals surface area (Å²) in [4.78, 5) is 29.3. The van der Waals surface area contributed by atoms with E-state index in [4.69, 9.17) is 0 Å². The van der Waals surface area contributed by atoms with Gasteiger partial charge in [0.25, 0.3) is 0 Å². The van der Waals surface area contributed by atoms with E-state index in [1.807, 2.05) is 30.3 Å². The average Bonchev–Trinajstić information content (AvgIpc) is 3.19. The first-order chi connectivity index (χ1) is 16.5. The molecule has 0 bridgehead atoms. The number of benzene rings is 3. The average molecular weight is 447 g/mol. The zero-order valence-electron chi connectivity index (χ0n) is 17.9. The third-order valence-electron chi connectivity index (χ3n) is 6.71. The van der Waals surface area contributed by atoms with Crippen molar-refractivity contribution in [3.8, 4) is 12.1 Å². The van der Waals surface area contributed by atoms with Crippen LogP contribution < -0.4 is 0 Å². The lowest BCUT2D eigenvalue weighted by molar-refractivity contribution is 0.0791. The number of nitriles is 2. The molecule has 1 fully saturated rings. The molecule has 0 spiro atoms. The van der Waals surface area contributed by atoms with E-state index in [0.717, 1.165) is 5.56 Å². The van der Waals surface area contributed by atoms with Gasteiger partial charge in [0.05, 0.1) is 18.2 Å². The molecule has 0 aromatic heterocycles. The predicted octanol–water partition coefficient (Wildman–Crippen LogP) is 4.95. The molecule has 0 N–H and O–H groups in total. The first-order valence-electron chi connectivity index (χ1n) is 10.8. The summed E-state index contributed by atoms with van der Waals surface area (Å²) in [6, 6.07) is 23.2. The van der Waals surface area contributed by atoms with Crippen molar-refractivity contribution in [1.82, 2.24) is 4.90 Å². The molecule has 164 valence electrons. The molecule has 2 heterocycles. The first kappa shape index (κ1) is 21.3. The van der Waals surface area contributed by atoms with Gasteiger partial charge in [0.1, 0.15) is 17.8 Å². The molecule has 34 heavy (non-hydrogen) atoms. The number of carbonyl (C=O) groups excluding carboxylic acids is 2. The van der Waals surface area contributed by atoms with Crippen LogP contribution in [0.3, 0.4) is 0 Å². The Bertz CT molecular complexity index is 1400. The third-order valence-corrected chi connectivity index (χ3v) is 6.71. The Kier molecular flexibility index (Phi) is 5.07. The normalized spacial score (nSPS) is 24.4. The van der Waals surface area contributed by atoms with E-state index in [1.54, 1.807) is 41.4 Å². The molecule has 0 unspecified atom stereocenters. The van der Waals surface area contributed by atoms with Crippen molar-refractivity contribution in [2.24, 2.45) is 11.3 Å². The third kappa shape index (κ3) is 2.97. The fourth-order valence-electron chi connectivity index (χ4n) is 5.17. The van der Waals surface area contributed by atoms with Crippen LogP contribution in [0.1, 0.15) is 37.9 Å². The highest BCUT2D eigenvalue weighted by Crippen LogP contribution is 2.57. The molecule has 3 aromatic rings. The summed E-state index contributed by atoms with van der Waals surface area (Å²) in [7, 11) is 0. The van der Waals surface area contributed by atoms with Crippen LogP contribution in [0.25, 0.3) is 6.08 Å². The summed E-state index contributed by atoms with van der Waals surface area (Å²) in [5.74, 6) is -2.70. The molecule has 2 aliphatic heterocycles. The summed E-state index contributed by atoms with van der Waals surface area (Å²) in [5, 5.41) is 20.9. The quantitative estimate of drug-likeness (QED) is 0.528. The molecule has 0 radical (unpaired) electrons. The Labute approximate surface area is 196 Å². The van der Waals surface area contributed by atoms with Gasteiger partial charge in [-0.3, -0.25) is 9.59 Å². The molecule has 0 aliphatic carbocycles. The minimum absolute atomic E-state index is 0.207. The van der Waals surface area contributed by atoms with Crippen LogP contribution in [0.15, 0.2) is 85.1 Å². The summed E-state index contributed by atoms with van der Waals surface area (Å²) < 4.78 is 13.5. The van der Waals surface area contributed by atoms with Crippen LogP contribution in [0.4, 0.5) is 4.39 Å². The Morgan fingerprint density at radius 2 is 1.56 bits per heavy atom. The molecule has 1 saturated heterocycles. The lowest BCUT2D eigenvalue weighted by atomic mass is 9.65. The predicted molar refractivity (Wildman–Crippen MR) is 122 cm³/mol. The second kappa shape index (κ2) is 8.10. The van der Waals surface area contributed by atoms with Gasteiger partial charge < -0.3 is 4.90 Å². The van der Waals surface area contributed by atoms with E-state index in [1.165, 1.54) is 24.3 Å². The van der Waals surface area contributed by atoms with E-state index in [2.05, 4.69) is 12.1 Å². The molecular formula is C28H18FN3O2. The molecule has 5 rings (SSSR count). The largest absolute Gasteiger partial charge is 0.357 e. The standard InChI is InChI=1S/C28H18FN3O2/c29-21-12-10-19(11-13-21)25(33)24-23(16-30)28(17-31,27(34)20-7-2-1-3-8-20)26-22-9-5-4-6-18(22)14-15-32(24)26/h1-15,23-24,26H/t23-,24+,26-,28+/m1/s1. The zero-order chi connectivity index (χ0) is 23.9. The highest BCUT2D eigenvalue weighted by atomic mass is 19.1. The van der Waals surface area contributed by atoms with Crippen LogP contribution in [0.5, 0.6) is 0 Å². The summed E-state index contributed by atoms with van der Waals surface area (Å²) in [5.41, 5.74) is 0.183. The molecular weight excluding hydrogens is 429 g/mol. The minimum atomic E-state index is -1.84. The van der Waals surface area contributed by atoms with E-state index in [9.17, 15) is 24.5 Å². The summed E-state index contributed by atoms with van der Waals surface area (Å²) in [6.07, 6.45) is 3.49. The molecule has 6 heteroatoms. The van der Waals surface area contributed by atoms with Gasteiger partial charge in [0, 0.05) is 17.3 Å². The van der Waals surface area contributed by atoms with E-state index >= 15 is 0 Å². The van der Waals surface area contributed by atoms with Gasteiger partial charge in [-0.2, -0.15) is 10.5 Å². The number of Topliss-reactive ketones (excluding diaryl/α,β-unsaturated/α-hetero) is 2. The summed E-state index contributed by atoms with van der Waals surface area (Å²) in [6.45, 7) is 0.